The standard InChI is InChI=1S/C33H32N4O3/c1-23-28(8-5-9-31(23)26-6-3-2-4-7-26)22-40-30-11-10-27-16-32(33(39)36-12-13-38)37(21-29(27)15-30)20-25-14-24(17-34)18-35-19-25/h2-11,14-15,18-19,32,38H,12-13,16,20-22H2,1H3,(H,36,39)/t32-/m0/s1. The Labute approximate surface area is 234 Å². The predicted molar refractivity (Wildman–Crippen MR) is 153 cm³/mol. The second-order valence-electron chi connectivity index (χ2n) is 10.0. The lowest BCUT2D eigenvalue weighted by molar-refractivity contribution is -0.127. The largest absolute Gasteiger partial charge is 0.489 e. The van der Waals surface area contributed by atoms with E-state index in [0.717, 1.165) is 28.0 Å². The molecular formula is C33H32N4O3. The summed E-state index contributed by atoms with van der Waals surface area (Å²) in [6.07, 6.45) is 3.79. The maximum absolute atomic E-state index is 13.0. The number of rotatable bonds is 9. The molecule has 0 saturated carbocycles. The van der Waals surface area contributed by atoms with Crippen LogP contribution < -0.4 is 10.1 Å². The molecule has 40 heavy (non-hydrogen) atoms. The highest BCUT2D eigenvalue weighted by Gasteiger charge is 2.31. The van der Waals surface area contributed by atoms with E-state index in [1.165, 1.54) is 22.9 Å². The Morgan fingerprint density at radius 1 is 1.10 bits per heavy atom. The first-order chi connectivity index (χ1) is 19.6. The Morgan fingerprint density at radius 3 is 2.75 bits per heavy atom. The average Bonchev–Trinajstić information content (AvgIpc) is 2.99. The number of nitriles is 1. The van der Waals surface area contributed by atoms with E-state index in [0.29, 0.717) is 31.7 Å². The fraction of sp³-hybridized carbons (Fsp3) is 0.242. The molecule has 7 heteroatoms. The maximum Gasteiger partial charge on any atom is 0.237 e. The fourth-order valence-electron chi connectivity index (χ4n) is 5.23. The van der Waals surface area contributed by atoms with Crippen LogP contribution in [0.15, 0.2) is 85.2 Å². The second kappa shape index (κ2) is 12.6. The number of amides is 1. The number of nitrogens with zero attached hydrogens (tertiary/aromatic N) is 3. The maximum atomic E-state index is 13.0. The van der Waals surface area contributed by atoms with E-state index in [1.54, 1.807) is 12.3 Å². The van der Waals surface area contributed by atoms with Crippen LogP contribution in [-0.4, -0.2) is 40.1 Å². The van der Waals surface area contributed by atoms with Gasteiger partial charge in [0.1, 0.15) is 18.4 Å². The summed E-state index contributed by atoms with van der Waals surface area (Å²) in [7, 11) is 0. The number of hydrogen-bond acceptors (Lipinski definition) is 6. The minimum atomic E-state index is -0.403. The Hall–Kier alpha value is -4.51. The summed E-state index contributed by atoms with van der Waals surface area (Å²) >= 11 is 0. The fourth-order valence-corrected chi connectivity index (χ4v) is 5.23. The van der Waals surface area contributed by atoms with Crippen molar-refractivity contribution in [2.24, 2.45) is 0 Å². The number of ether oxygens (including phenoxy) is 1. The quantitative estimate of drug-likeness (QED) is 0.328. The Balaban J connectivity index is 1.35. The van der Waals surface area contributed by atoms with Crippen LogP contribution in [0.3, 0.4) is 0 Å². The first-order valence-corrected chi connectivity index (χ1v) is 13.4. The molecule has 1 amide bonds. The molecule has 202 valence electrons. The molecule has 0 radical (unpaired) electrons. The molecule has 5 rings (SSSR count). The van der Waals surface area contributed by atoms with Gasteiger partial charge in [0.15, 0.2) is 0 Å². The third-order valence-corrected chi connectivity index (χ3v) is 7.35. The Bertz CT molecular complexity index is 1530. The highest BCUT2D eigenvalue weighted by atomic mass is 16.5. The molecule has 3 aromatic carbocycles. The summed E-state index contributed by atoms with van der Waals surface area (Å²) in [5.41, 5.74) is 8.25. The van der Waals surface area contributed by atoms with Crippen molar-refractivity contribution in [3.63, 3.8) is 0 Å². The molecule has 2 N–H and O–H groups in total. The van der Waals surface area contributed by atoms with Crippen LogP contribution in [0.5, 0.6) is 5.75 Å². The lowest BCUT2D eigenvalue weighted by Crippen LogP contribution is -2.50. The Morgan fingerprint density at radius 2 is 1.95 bits per heavy atom. The third-order valence-electron chi connectivity index (χ3n) is 7.35. The highest BCUT2D eigenvalue weighted by molar-refractivity contribution is 5.82. The smallest absolute Gasteiger partial charge is 0.237 e. The lowest BCUT2D eigenvalue weighted by atomic mass is 9.92. The summed E-state index contributed by atoms with van der Waals surface area (Å²) in [4.78, 5) is 19.3. The van der Waals surface area contributed by atoms with Gasteiger partial charge in [-0.25, -0.2) is 0 Å². The van der Waals surface area contributed by atoms with Gasteiger partial charge in [0, 0.05) is 32.0 Å². The van der Waals surface area contributed by atoms with Crippen molar-refractivity contribution in [3.05, 3.63) is 119 Å². The van der Waals surface area contributed by atoms with Gasteiger partial charge >= 0.3 is 0 Å². The van der Waals surface area contributed by atoms with Gasteiger partial charge in [-0.05, 0) is 70.5 Å². The molecule has 0 bridgehead atoms. The van der Waals surface area contributed by atoms with Gasteiger partial charge in [0.25, 0.3) is 0 Å². The summed E-state index contributed by atoms with van der Waals surface area (Å²) < 4.78 is 6.27. The van der Waals surface area contributed by atoms with Crippen LogP contribution in [-0.2, 0) is 30.9 Å². The monoisotopic (exact) mass is 532 g/mol. The Kier molecular flexibility index (Phi) is 8.50. The summed E-state index contributed by atoms with van der Waals surface area (Å²) in [5, 5.41) is 21.3. The van der Waals surface area contributed by atoms with Gasteiger partial charge in [-0.1, -0.05) is 54.6 Å². The number of aromatic nitrogens is 1. The second-order valence-corrected chi connectivity index (χ2v) is 10.0. The van der Waals surface area contributed by atoms with Crippen molar-refractivity contribution >= 4 is 5.91 Å². The van der Waals surface area contributed by atoms with Gasteiger partial charge in [-0.3, -0.25) is 14.7 Å². The number of nitrogens with one attached hydrogen (secondary N) is 1. The number of hydrogen-bond donors (Lipinski definition) is 2. The van der Waals surface area contributed by atoms with Gasteiger partial charge < -0.3 is 15.2 Å². The van der Waals surface area contributed by atoms with E-state index < -0.39 is 6.04 Å². The van der Waals surface area contributed by atoms with Crippen molar-refractivity contribution in [2.45, 2.75) is 39.1 Å². The molecule has 4 aromatic rings. The van der Waals surface area contributed by atoms with Crippen molar-refractivity contribution in [2.75, 3.05) is 13.2 Å². The molecule has 2 heterocycles. The van der Waals surface area contributed by atoms with Crippen molar-refractivity contribution in [1.82, 2.24) is 15.2 Å². The predicted octanol–water partition coefficient (Wildman–Crippen LogP) is 4.54. The van der Waals surface area contributed by atoms with Crippen molar-refractivity contribution in [1.29, 1.82) is 5.26 Å². The first-order valence-electron chi connectivity index (χ1n) is 13.4. The molecule has 0 saturated heterocycles. The van der Waals surface area contributed by atoms with Crippen LogP contribution in [0.1, 0.15) is 33.4 Å². The number of aliphatic hydroxyl groups is 1. The van der Waals surface area contributed by atoms with Crippen molar-refractivity contribution < 1.29 is 14.6 Å². The van der Waals surface area contributed by atoms with Gasteiger partial charge in [0.2, 0.25) is 5.91 Å². The highest BCUT2D eigenvalue weighted by Crippen LogP contribution is 2.30. The minimum absolute atomic E-state index is 0.113. The van der Waals surface area contributed by atoms with E-state index in [1.807, 2.05) is 30.3 Å². The number of benzene rings is 3. The van der Waals surface area contributed by atoms with Crippen molar-refractivity contribution in [3.8, 4) is 22.9 Å². The molecule has 1 aliphatic heterocycles. The van der Waals surface area contributed by atoms with Crippen LogP contribution >= 0.6 is 0 Å². The van der Waals surface area contributed by atoms with E-state index in [9.17, 15) is 15.2 Å². The molecule has 0 fully saturated rings. The van der Waals surface area contributed by atoms with Gasteiger partial charge in [0.05, 0.1) is 18.2 Å². The minimum Gasteiger partial charge on any atom is -0.489 e. The molecule has 1 atom stereocenters. The molecule has 7 nitrogen and oxygen atoms in total. The molecule has 1 aliphatic rings. The van der Waals surface area contributed by atoms with E-state index in [-0.39, 0.29) is 19.1 Å². The van der Waals surface area contributed by atoms with Crippen LogP contribution in [0, 0.1) is 18.3 Å². The van der Waals surface area contributed by atoms with Crippen LogP contribution in [0.4, 0.5) is 0 Å². The summed E-state index contributed by atoms with van der Waals surface area (Å²) in [5.74, 6) is 0.651. The topological polar surface area (TPSA) is 98.5 Å². The number of fused-ring (bicyclic) bond motifs is 1. The molecule has 0 spiro atoms. The average molecular weight is 533 g/mol. The lowest BCUT2D eigenvalue weighted by Gasteiger charge is -2.36. The molecule has 0 unspecified atom stereocenters. The molecule has 1 aromatic heterocycles. The number of aliphatic hydroxyl groups excluding tert-OH is 1. The first kappa shape index (κ1) is 27.1. The van der Waals surface area contributed by atoms with Gasteiger partial charge in [-0.2, -0.15) is 5.26 Å². The SMILES string of the molecule is Cc1c(COc2ccc3c(c2)CN(Cc2cncc(C#N)c2)[C@H](C(=O)NCCO)C3)cccc1-c1ccccc1. The number of carbonyl (C=O) groups is 1. The normalized spacial score (nSPS) is 14.7. The van der Waals surface area contributed by atoms with Crippen LogP contribution in [0.2, 0.25) is 0 Å². The number of carbonyl (C=O) groups excluding carboxylic acids is 1. The van der Waals surface area contributed by atoms with E-state index >= 15 is 0 Å². The molecule has 0 aliphatic carbocycles. The van der Waals surface area contributed by atoms with Crippen LogP contribution in [0.25, 0.3) is 11.1 Å². The zero-order valence-corrected chi connectivity index (χ0v) is 22.5. The van der Waals surface area contributed by atoms with Gasteiger partial charge in [-0.15, -0.1) is 0 Å². The van der Waals surface area contributed by atoms with E-state index in [4.69, 9.17) is 4.74 Å². The number of pyridine rings is 1. The zero-order chi connectivity index (χ0) is 27.9. The molecular weight excluding hydrogens is 500 g/mol. The summed E-state index contributed by atoms with van der Waals surface area (Å²) in [6.45, 7) is 3.69. The third kappa shape index (κ3) is 6.20. The zero-order valence-electron chi connectivity index (χ0n) is 22.5. The summed E-state index contributed by atoms with van der Waals surface area (Å²) in [6, 6.07) is 26.2. The van der Waals surface area contributed by atoms with E-state index in [2.05, 4.69) is 64.6 Å².